The molecule has 0 amide bonds. The highest BCUT2D eigenvalue weighted by molar-refractivity contribution is 6.76. The van der Waals surface area contributed by atoms with Crippen molar-refractivity contribution in [3.63, 3.8) is 0 Å². The zero-order valence-electron chi connectivity index (χ0n) is 29.0. The van der Waals surface area contributed by atoms with Gasteiger partial charge in [0.25, 0.3) is 0 Å². The molecule has 0 radical (unpaired) electrons. The van der Waals surface area contributed by atoms with Gasteiger partial charge in [0.05, 0.1) is 12.8 Å². The number of hydrogen-bond acceptors (Lipinski definition) is 10. The van der Waals surface area contributed by atoms with Crippen molar-refractivity contribution in [2.45, 2.75) is 102 Å². The van der Waals surface area contributed by atoms with E-state index in [-0.39, 0.29) is 25.4 Å². The second kappa shape index (κ2) is 15.9. The van der Waals surface area contributed by atoms with Crippen molar-refractivity contribution < 1.29 is 29.2 Å². The number of rotatable bonds is 16. The molecule has 1 fully saturated rings. The summed E-state index contributed by atoms with van der Waals surface area (Å²) < 4.78 is 19.3. The van der Waals surface area contributed by atoms with E-state index in [0.29, 0.717) is 50.3 Å². The molecule has 260 valence electrons. The Labute approximate surface area is 285 Å². The second-order valence-electron chi connectivity index (χ2n) is 15.0. The number of nitrogens with zero attached hydrogens (tertiary/aromatic N) is 5. The SMILES string of the molecule is CCOC(=O)C(O)C1(O)CCC(c2cc(N(COCC[Si](C)(C)C)COCC[Si](C)(C)C)n3ncc(-c4ccc(Cl)nc4)c3n2)CC1. The first-order valence-electron chi connectivity index (χ1n) is 16.6. The minimum Gasteiger partial charge on any atom is -0.464 e. The highest BCUT2D eigenvalue weighted by Gasteiger charge is 2.44. The Morgan fingerprint density at radius 1 is 1.06 bits per heavy atom. The van der Waals surface area contributed by atoms with Crippen LogP contribution < -0.4 is 4.90 Å². The van der Waals surface area contributed by atoms with Crippen molar-refractivity contribution in [1.82, 2.24) is 19.6 Å². The Bertz CT molecular complexity index is 1450. The molecule has 3 heterocycles. The Morgan fingerprint density at radius 3 is 2.21 bits per heavy atom. The Hall–Kier alpha value is -2.40. The van der Waals surface area contributed by atoms with E-state index in [2.05, 4.69) is 49.2 Å². The highest BCUT2D eigenvalue weighted by atomic mass is 35.5. The highest BCUT2D eigenvalue weighted by Crippen LogP contribution is 2.41. The topological polar surface area (TPSA) is 132 Å². The summed E-state index contributed by atoms with van der Waals surface area (Å²) in [4.78, 5) is 23.7. The lowest BCUT2D eigenvalue weighted by Crippen LogP contribution is -2.49. The summed E-state index contributed by atoms with van der Waals surface area (Å²) in [5, 5.41) is 27.0. The van der Waals surface area contributed by atoms with Crippen LogP contribution in [0.15, 0.2) is 30.6 Å². The zero-order chi connectivity index (χ0) is 34.4. The molecule has 2 N–H and O–H groups in total. The summed E-state index contributed by atoms with van der Waals surface area (Å²) in [5.41, 5.74) is 1.58. The maximum atomic E-state index is 12.3. The number of carbonyl (C=O) groups is 1. The van der Waals surface area contributed by atoms with Gasteiger partial charge in [-0.05, 0) is 56.8 Å². The standard InChI is InChI=1S/C33H52ClN5O6Si2/c1-8-45-32(41)30(40)33(42)13-11-24(12-14-33)27-19-29(39-31(37-27)26(21-36-39)25-9-10-28(34)35-20-25)38(22-43-15-17-46(2,3)4)23-44-16-18-47(5,6)7/h9-10,19-21,24,30,40,42H,8,11-18,22-23H2,1-7H3. The van der Waals surface area contributed by atoms with E-state index in [1.807, 2.05) is 16.6 Å². The van der Waals surface area contributed by atoms with Gasteiger partial charge in [-0.3, -0.25) is 0 Å². The van der Waals surface area contributed by atoms with Gasteiger partial charge < -0.3 is 29.3 Å². The quantitative estimate of drug-likeness (QED) is 0.0585. The van der Waals surface area contributed by atoms with Gasteiger partial charge in [-0.2, -0.15) is 9.61 Å². The van der Waals surface area contributed by atoms with E-state index in [0.717, 1.165) is 34.7 Å². The van der Waals surface area contributed by atoms with Crippen molar-refractivity contribution in [1.29, 1.82) is 0 Å². The van der Waals surface area contributed by atoms with Gasteiger partial charge >= 0.3 is 5.97 Å². The summed E-state index contributed by atoms with van der Waals surface area (Å²) in [5.74, 6) is -0.0387. The number of halogens is 1. The van der Waals surface area contributed by atoms with E-state index in [4.69, 9.17) is 35.9 Å². The van der Waals surface area contributed by atoms with Crippen LogP contribution in [0.5, 0.6) is 0 Å². The third-order valence-corrected chi connectivity index (χ3v) is 12.2. The maximum absolute atomic E-state index is 12.3. The number of ether oxygens (including phenoxy) is 3. The number of pyridine rings is 1. The minimum absolute atomic E-state index is 0.0259. The molecule has 4 rings (SSSR count). The number of aromatic nitrogens is 4. The third kappa shape index (κ3) is 10.3. The van der Waals surface area contributed by atoms with Crippen LogP contribution >= 0.6 is 11.6 Å². The van der Waals surface area contributed by atoms with Crippen molar-refractivity contribution in [3.05, 3.63) is 41.4 Å². The largest absolute Gasteiger partial charge is 0.464 e. The summed E-state index contributed by atoms with van der Waals surface area (Å²) in [6.07, 6.45) is 3.42. The average Bonchev–Trinajstić information content (AvgIpc) is 3.43. The molecule has 1 aliphatic carbocycles. The van der Waals surface area contributed by atoms with Crippen LogP contribution in [0.2, 0.25) is 56.5 Å². The minimum atomic E-state index is -1.59. The third-order valence-electron chi connectivity index (χ3n) is 8.61. The summed E-state index contributed by atoms with van der Waals surface area (Å²) in [6, 6.07) is 7.77. The maximum Gasteiger partial charge on any atom is 0.337 e. The smallest absolute Gasteiger partial charge is 0.337 e. The zero-order valence-corrected chi connectivity index (χ0v) is 31.7. The molecule has 11 nitrogen and oxygen atoms in total. The molecule has 0 saturated heterocycles. The van der Waals surface area contributed by atoms with E-state index >= 15 is 0 Å². The van der Waals surface area contributed by atoms with Gasteiger partial charge in [-0.15, -0.1) is 0 Å². The molecule has 3 aromatic rings. The number of aliphatic hydroxyl groups excluding tert-OH is 1. The average molecular weight is 706 g/mol. The van der Waals surface area contributed by atoms with E-state index in [1.165, 1.54) is 0 Å². The van der Waals surface area contributed by atoms with Crippen LogP contribution in [0.25, 0.3) is 16.8 Å². The van der Waals surface area contributed by atoms with Crippen LogP contribution in [0, 0.1) is 0 Å². The Balaban J connectivity index is 1.70. The van der Waals surface area contributed by atoms with E-state index in [1.54, 1.807) is 25.4 Å². The molecule has 0 bridgehead atoms. The fraction of sp³-hybridized carbons (Fsp3) is 0.636. The van der Waals surface area contributed by atoms with Gasteiger partial charge in [0.2, 0.25) is 0 Å². The number of anilines is 1. The molecule has 14 heteroatoms. The molecule has 3 aromatic heterocycles. The molecule has 1 aliphatic rings. The van der Waals surface area contributed by atoms with E-state index < -0.39 is 33.8 Å². The van der Waals surface area contributed by atoms with Gasteiger partial charge in [0, 0.05) is 64.4 Å². The van der Waals surface area contributed by atoms with Gasteiger partial charge in [0.15, 0.2) is 11.8 Å². The number of fused-ring (bicyclic) bond motifs is 1. The molecular formula is C33H52ClN5O6Si2. The summed E-state index contributed by atoms with van der Waals surface area (Å²) >= 11 is 6.10. The lowest BCUT2D eigenvalue weighted by Gasteiger charge is -2.38. The first kappa shape index (κ1) is 37.4. The molecule has 1 saturated carbocycles. The van der Waals surface area contributed by atoms with Gasteiger partial charge in [0.1, 0.15) is 30.0 Å². The number of hydrogen-bond donors (Lipinski definition) is 2. The molecule has 0 spiro atoms. The molecule has 0 aliphatic heterocycles. The molecular weight excluding hydrogens is 654 g/mol. The fourth-order valence-electron chi connectivity index (χ4n) is 5.54. The van der Waals surface area contributed by atoms with Crippen LogP contribution in [0.4, 0.5) is 5.82 Å². The second-order valence-corrected chi connectivity index (χ2v) is 26.6. The van der Waals surface area contributed by atoms with Gasteiger partial charge in [-0.1, -0.05) is 50.9 Å². The predicted molar refractivity (Wildman–Crippen MR) is 190 cm³/mol. The summed E-state index contributed by atoms with van der Waals surface area (Å²) in [6.45, 7) is 17.8. The Morgan fingerprint density at radius 2 is 1.68 bits per heavy atom. The molecule has 0 aromatic carbocycles. The molecule has 1 atom stereocenters. The molecule has 47 heavy (non-hydrogen) atoms. The number of esters is 1. The molecule has 1 unspecified atom stereocenters. The van der Waals surface area contributed by atoms with Crippen molar-refractivity contribution in [2.24, 2.45) is 0 Å². The van der Waals surface area contributed by atoms with Crippen LogP contribution in [0.1, 0.15) is 44.2 Å². The van der Waals surface area contributed by atoms with Crippen molar-refractivity contribution >= 4 is 45.2 Å². The fourth-order valence-corrected chi connectivity index (χ4v) is 7.17. The first-order valence-corrected chi connectivity index (χ1v) is 24.4. The lowest BCUT2D eigenvalue weighted by atomic mass is 9.74. The Kier molecular flexibility index (Phi) is 12.6. The lowest BCUT2D eigenvalue weighted by molar-refractivity contribution is -0.173. The normalized spacial score (nSPS) is 19.6. The van der Waals surface area contributed by atoms with Crippen LogP contribution in [-0.4, -0.2) is 96.9 Å². The summed E-state index contributed by atoms with van der Waals surface area (Å²) in [7, 11) is -2.57. The van der Waals surface area contributed by atoms with Crippen LogP contribution in [0.3, 0.4) is 0 Å². The first-order chi connectivity index (χ1) is 22.1. The van der Waals surface area contributed by atoms with Crippen LogP contribution in [-0.2, 0) is 19.0 Å². The monoisotopic (exact) mass is 705 g/mol. The van der Waals surface area contributed by atoms with E-state index in [9.17, 15) is 15.0 Å². The van der Waals surface area contributed by atoms with Crippen molar-refractivity contribution in [3.8, 4) is 11.1 Å². The number of aliphatic hydroxyl groups is 2. The predicted octanol–water partition coefficient (Wildman–Crippen LogP) is 6.19. The van der Waals surface area contributed by atoms with Crippen molar-refractivity contribution in [2.75, 3.05) is 38.2 Å². The number of carbonyl (C=O) groups excluding carboxylic acids is 1. The van der Waals surface area contributed by atoms with Gasteiger partial charge in [-0.25, -0.2) is 14.8 Å².